The molecule has 0 bridgehead atoms. The van der Waals surface area contributed by atoms with E-state index in [1.54, 1.807) is 11.7 Å². The molecule has 2 unspecified atom stereocenters. The quantitative estimate of drug-likeness (QED) is 0.570. The number of aliphatic hydroxyl groups is 1. The molecule has 1 aromatic heterocycles. The van der Waals surface area contributed by atoms with Gasteiger partial charge in [0.1, 0.15) is 0 Å². The van der Waals surface area contributed by atoms with E-state index in [1.807, 2.05) is 0 Å². The van der Waals surface area contributed by atoms with Crippen LogP contribution in [0.5, 0.6) is 0 Å². The van der Waals surface area contributed by atoms with Gasteiger partial charge in [-0.05, 0) is 12.8 Å². The van der Waals surface area contributed by atoms with Crippen LogP contribution in [0, 0.1) is 0 Å². The lowest BCUT2D eigenvalue weighted by Gasteiger charge is -2.20. The van der Waals surface area contributed by atoms with Crippen LogP contribution >= 0.6 is 11.8 Å². The number of ether oxygens (including phenoxy) is 1. The molecule has 1 heterocycles. The van der Waals surface area contributed by atoms with Crippen molar-refractivity contribution in [1.29, 1.82) is 0 Å². The first-order valence-electron chi connectivity index (χ1n) is 5.86. The number of rotatable bonds is 7. The second-order valence-corrected chi connectivity index (χ2v) is 5.58. The molecular weight excluding hydrogens is 256 g/mol. The second-order valence-electron chi connectivity index (χ2n) is 4.37. The van der Waals surface area contributed by atoms with Gasteiger partial charge in [0.2, 0.25) is 0 Å². The van der Waals surface area contributed by atoms with Gasteiger partial charge in [0.15, 0.2) is 5.16 Å². The molecule has 0 radical (unpaired) electrons. The van der Waals surface area contributed by atoms with E-state index in [0.29, 0.717) is 11.8 Å². The average Bonchev–Trinajstić information content (AvgIpc) is 3.11. The smallest absolute Gasteiger partial charge is 0.344 e. The number of hydrogen-bond acceptors (Lipinski definition) is 6. The number of nitrogens with one attached hydrogen (secondary N) is 1. The van der Waals surface area contributed by atoms with Gasteiger partial charge in [0.05, 0.1) is 18.5 Å². The molecule has 0 aliphatic heterocycles. The summed E-state index contributed by atoms with van der Waals surface area (Å²) in [6.07, 6.45) is 2.00. The Balaban J connectivity index is 2.09. The Morgan fingerprint density at radius 2 is 2.44 bits per heavy atom. The number of nitrogens with zero attached hydrogens (tertiary/aromatic N) is 2. The largest absolute Gasteiger partial charge is 0.395 e. The fourth-order valence-electron chi connectivity index (χ4n) is 1.72. The average molecular weight is 274 g/mol. The van der Waals surface area contributed by atoms with Crippen LogP contribution in [0.2, 0.25) is 0 Å². The Morgan fingerprint density at radius 3 is 3.00 bits per heavy atom. The van der Waals surface area contributed by atoms with Gasteiger partial charge in [0, 0.05) is 19.2 Å². The Morgan fingerprint density at radius 1 is 1.72 bits per heavy atom. The van der Waals surface area contributed by atoms with Crippen LogP contribution in [0.25, 0.3) is 0 Å². The molecule has 1 saturated carbocycles. The highest BCUT2D eigenvalue weighted by atomic mass is 32.2. The molecule has 102 valence electrons. The van der Waals surface area contributed by atoms with Gasteiger partial charge in [-0.25, -0.2) is 9.89 Å². The predicted octanol–water partition coefficient (Wildman–Crippen LogP) is -0.667. The van der Waals surface area contributed by atoms with Gasteiger partial charge in [0.25, 0.3) is 0 Å². The summed E-state index contributed by atoms with van der Waals surface area (Å²) >= 11 is 1.32. The number of methoxy groups -OCH3 is 1. The third-order valence-corrected chi connectivity index (χ3v) is 4.16. The standard InChI is InChI=1S/C10H18N4O3S/c1-17-5-7(11)8(4-15)18-10-13-12-9(16)14(10)6-2-3-6/h6-8,15H,2-5,11H2,1H3,(H,12,16). The summed E-state index contributed by atoms with van der Waals surface area (Å²) in [7, 11) is 1.56. The molecule has 1 aliphatic carbocycles. The number of aliphatic hydroxyl groups excluding tert-OH is 1. The van der Waals surface area contributed by atoms with Crippen molar-refractivity contribution in [3.05, 3.63) is 10.5 Å². The van der Waals surface area contributed by atoms with Crippen LogP contribution in [-0.2, 0) is 4.74 Å². The summed E-state index contributed by atoms with van der Waals surface area (Å²) in [6.45, 7) is 0.275. The van der Waals surface area contributed by atoms with Crippen molar-refractivity contribution in [3.63, 3.8) is 0 Å². The second kappa shape index (κ2) is 5.87. The molecule has 1 fully saturated rings. The van der Waals surface area contributed by atoms with Gasteiger partial charge in [-0.15, -0.1) is 5.10 Å². The number of hydrogen-bond donors (Lipinski definition) is 3. The zero-order valence-electron chi connectivity index (χ0n) is 10.2. The molecule has 0 spiro atoms. The summed E-state index contributed by atoms with van der Waals surface area (Å²) in [5.74, 6) is 0. The topological polar surface area (TPSA) is 106 Å². The summed E-state index contributed by atoms with van der Waals surface area (Å²) < 4.78 is 6.62. The number of aromatic amines is 1. The van der Waals surface area contributed by atoms with Crippen LogP contribution in [0.4, 0.5) is 0 Å². The van der Waals surface area contributed by atoms with E-state index in [1.165, 1.54) is 11.8 Å². The Bertz CT molecular complexity index is 443. The monoisotopic (exact) mass is 274 g/mol. The lowest BCUT2D eigenvalue weighted by Crippen LogP contribution is -2.39. The first kappa shape index (κ1) is 13.6. The number of thioether (sulfide) groups is 1. The lowest BCUT2D eigenvalue weighted by atomic mass is 10.2. The van der Waals surface area contributed by atoms with Gasteiger partial charge < -0.3 is 15.6 Å². The molecular formula is C10H18N4O3S. The molecule has 0 saturated heterocycles. The third-order valence-electron chi connectivity index (χ3n) is 2.86. The third kappa shape index (κ3) is 2.94. The van der Waals surface area contributed by atoms with Crippen LogP contribution in [0.3, 0.4) is 0 Å². The fourth-order valence-corrected chi connectivity index (χ4v) is 2.77. The van der Waals surface area contributed by atoms with E-state index < -0.39 is 0 Å². The lowest BCUT2D eigenvalue weighted by molar-refractivity contribution is 0.167. The molecule has 2 atom stereocenters. The Labute approximate surface area is 109 Å². The summed E-state index contributed by atoms with van der Waals surface area (Å²) in [5.41, 5.74) is 5.71. The highest BCUT2D eigenvalue weighted by molar-refractivity contribution is 7.99. The van der Waals surface area contributed by atoms with Crippen LogP contribution in [0.15, 0.2) is 9.95 Å². The zero-order valence-corrected chi connectivity index (χ0v) is 11.0. The van der Waals surface area contributed by atoms with Crippen LogP contribution < -0.4 is 11.4 Å². The van der Waals surface area contributed by atoms with Gasteiger partial charge in [-0.1, -0.05) is 11.8 Å². The van der Waals surface area contributed by atoms with Gasteiger partial charge in [-0.2, -0.15) is 0 Å². The molecule has 1 aliphatic rings. The van der Waals surface area contributed by atoms with E-state index in [9.17, 15) is 9.90 Å². The van der Waals surface area contributed by atoms with Crippen molar-refractivity contribution >= 4 is 11.8 Å². The maximum Gasteiger partial charge on any atom is 0.344 e. The summed E-state index contributed by atoms with van der Waals surface area (Å²) in [5, 5.41) is 16.1. The molecule has 7 nitrogen and oxygen atoms in total. The van der Waals surface area contributed by atoms with Crippen molar-refractivity contribution in [2.24, 2.45) is 5.73 Å². The minimum Gasteiger partial charge on any atom is -0.395 e. The molecule has 4 N–H and O–H groups in total. The van der Waals surface area contributed by atoms with E-state index in [2.05, 4.69) is 10.2 Å². The van der Waals surface area contributed by atoms with Crippen molar-refractivity contribution in [2.75, 3.05) is 20.3 Å². The molecule has 0 amide bonds. The fraction of sp³-hybridized carbons (Fsp3) is 0.800. The molecule has 18 heavy (non-hydrogen) atoms. The van der Waals surface area contributed by atoms with Gasteiger partial charge >= 0.3 is 5.69 Å². The van der Waals surface area contributed by atoms with Crippen molar-refractivity contribution in [1.82, 2.24) is 14.8 Å². The molecule has 2 rings (SSSR count). The maximum absolute atomic E-state index is 11.6. The first-order chi connectivity index (χ1) is 8.67. The first-order valence-corrected chi connectivity index (χ1v) is 6.74. The van der Waals surface area contributed by atoms with Crippen molar-refractivity contribution in [3.8, 4) is 0 Å². The Hall–Kier alpha value is -0.830. The van der Waals surface area contributed by atoms with Crippen molar-refractivity contribution < 1.29 is 9.84 Å². The predicted molar refractivity (Wildman–Crippen MR) is 67.7 cm³/mol. The van der Waals surface area contributed by atoms with E-state index in [4.69, 9.17) is 10.5 Å². The van der Waals surface area contributed by atoms with E-state index in [-0.39, 0.29) is 29.6 Å². The van der Waals surface area contributed by atoms with Crippen LogP contribution in [-0.4, -0.2) is 51.5 Å². The SMILES string of the molecule is COCC(N)C(CO)Sc1n[nH]c(=O)n1C1CC1. The highest BCUT2D eigenvalue weighted by Gasteiger charge is 2.30. The van der Waals surface area contributed by atoms with Crippen molar-refractivity contribution in [2.45, 2.75) is 35.3 Å². The number of aromatic nitrogens is 3. The maximum atomic E-state index is 11.6. The molecule has 8 heteroatoms. The van der Waals surface area contributed by atoms with Gasteiger partial charge in [-0.3, -0.25) is 4.57 Å². The highest BCUT2D eigenvalue weighted by Crippen LogP contribution is 2.36. The number of nitrogens with two attached hydrogens (primary N) is 1. The summed E-state index contributed by atoms with van der Waals surface area (Å²) in [6, 6.07) is -0.0544. The minimum atomic E-state index is -0.301. The Kier molecular flexibility index (Phi) is 4.44. The summed E-state index contributed by atoms with van der Waals surface area (Å²) in [4.78, 5) is 11.6. The minimum absolute atomic E-state index is 0.0824. The van der Waals surface area contributed by atoms with E-state index in [0.717, 1.165) is 12.8 Å². The van der Waals surface area contributed by atoms with Crippen LogP contribution in [0.1, 0.15) is 18.9 Å². The molecule has 0 aromatic carbocycles. The van der Waals surface area contributed by atoms with E-state index >= 15 is 0 Å². The zero-order chi connectivity index (χ0) is 13.1. The normalized spacial score (nSPS) is 18.8. The number of H-pyrrole nitrogens is 1. The molecule has 1 aromatic rings.